The Labute approximate surface area is 137 Å². The summed E-state index contributed by atoms with van der Waals surface area (Å²) < 4.78 is 5.52. The number of likely N-dealkylation sites (tertiary alicyclic amines) is 1. The summed E-state index contributed by atoms with van der Waals surface area (Å²) in [6.45, 7) is 1.61. The van der Waals surface area contributed by atoms with Crippen LogP contribution in [-0.4, -0.2) is 34.0 Å². The van der Waals surface area contributed by atoms with Crippen LogP contribution in [0.3, 0.4) is 0 Å². The van der Waals surface area contributed by atoms with Gasteiger partial charge >= 0.3 is 0 Å². The zero-order valence-corrected chi connectivity index (χ0v) is 13.9. The van der Waals surface area contributed by atoms with Crippen molar-refractivity contribution in [2.45, 2.75) is 76.0 Å². The monoisotopic (exact) mass is 317 g/mol. The van der Waals surface area contributed by atoms with E-state index in [4.69, 9.17) is 4.52 Å². The molecule has 126 valence electrons. The van der Waals surface area contributed by atoms with E-state index < -0.39 is 0 Å². The molecule has 1 atom stereocenters. The quantitative estimate of drug-likeness (QED) is 0.851. The molecule has 1 unspecified atom stereocenters. The fraction of sp³-hybridized carbons (Fsp3) is 0.833. The third-order valence-electron chi connectivity index (χ3n) is 6.01. The first kappa shape index (κ1) is 15.2. The van der Waals surface area contributed by atoms with Crippen molar-refractivity contribution in [3.63, 3.8) is 0 Å². The summed E-state index contributed by atoms with van der Waals surface area (Å²) in [4.78, 5) is 19.1. The smallest absolute Gasteiger partial charge is 0.231 e. The molecule has 1 aliphatic heterocycles. The van der Waals surface area contributed by atoms with Gasteiger partial charge in [-0.15, -0.1) is 0 Å². The molecule has 0 aromatic carbocycles. The second-order valence-corrected chi connectivity index (χ2v) is 7.65. The van der Waals surface area contributed by atoms with Crippen molar-refractivity contribution in [1.29, 1.82) is 0 Å². The van der Waals surface area contributed by atoms with Gasteiger partial charge in [-0.3, -0.25) is 4.79 Å². The van der Waals surface area contributed by atoms with E-state index in [1.807, 2.05) is 4.90 Å². The van der Waals surface area contributed by atoms with Crippen LogP contribution >= 0.6 is 0 Å². The van der Waals surface area contributed by atoms with Gasteiger partial charge < -0.3 is 9.42 Å². The molecule has 1 amide bonds. The SMILES string of the molecule is O=C(CC1CCCC1)N1CCC(c2nc(C3CCCC3)no2)C1. The number of aromatic nitrogens is 2. The van der Waals surface area contributed by atoms with Gasteiger partial charge in [0.15, 0.2) is 5.82 Å². The lowest BCUT2D eigenvalue weighted by Crippen LogP contribution is -2.29. The average Bonchev–Trinajstić information content (AvgIpc) is 3.30. The van der Waals surface area contributed by atoms with Crippen molar-refractivity contribution in [2.75, 3.05) is 13.1 Å². The first-order valence-corrected chi connectivity index (χ1v) is 9.41. The highest BCUT2D eigenvalue weighted by molar-refractivity contribution is 5.76. The van der Waals surface area contributed by atoms with Crippen molar-refractivity contribution in [3.8, 4) is 0 Å². The van der Waals surface area contributed by atoms with Crippen molar-refractivity contribution in [2.24, 2.45) is 5.92 Å². The minimum atomic E-state index is 0.241. The predicted octanol–water partition coefficient (Wildman–Crippen LogP) is 3.62. The maximum atomic E-state index is 12.5. The Morgan fingerprint density at radius 3 is 2.57 bits per heavy atom. The first-order valence-electron chi connectivity index (χ1n) is 9.41. The molecule has 4 rings (SSSR count). The standard InChI is InChI=1S/C18H27N3O2/c22-16(11-13-5-1-2-6-13)21-10-9-15(12-21)18-19-17(20-23-18)14-7-3-4-8-14/h13-15H,1-12H2. The van der Waals surface area contributed by atoms with Crippen molar-refractivity contribution < 1.29 is 9.32 Å². The van der Waals surface area contributed by atoms with Crippen LogP contribution in [0.5, 0.6) is 0 Å². The number of hydrogen-bond donors (Lipinski definition) is 0. The second kappa shape index (κ2) is 6.62. The van der Waals surface area contributed by atoms with Gasteiger partial charge in [0.1, 0.15) is 0 Å². The molecule has 23 heavy (non-hydrogen) atoms. The number of hydrogen-bond acceptors (Lipinski definition) is 4. The summed E-state index contributed by atoms with van der Waals surface area (Å²) in [7, 11) is 0. The Morgan fingerprint density at radius 2 is 1.78 bits per heavy atom. The highest BCUT2D eigenvalue weighted by Gasteiger charge is 2.33. The normalized spacial score (nSPS) is 26.4. The predicted molar refractivity (Wildman–Crippen MR) is 86.0 cm³/mol. The second-order valence-electron chi connectivity index (χ2n) is 7.65. The Hall–Kier alpha value is -1.39. The van der Waals surface area contributed by atoms with Crippen LogP contribution < -0.4 is 0 Å². The van der Waals surface area contributed by atoms with Gasteiger partial charge in [-0.05, 0) is 38.0 Å². The largest absolute Gasteiger partial charge is 0.342 e. The van der Waals surface area contributed by atoms with Crippen LogP contribution in [0, 0.1) is 5.92 Å². The van der Waals surface area contributed by atoms with E-state index in [9.17, 15) is 4.79 Å². The van der Waals surface area contributed by atoms with E-state index in [-0.39, 0.29) is 5.92 Å². The number of nitrogens with zero attached hydrogens (tertiary/aromatic N) is 3. The molecule has 5 nitrogen and oxygen atoms in total. The molecular formula is C18H27N3O2. The molecule has 0 N–H and O–H groups in total. The van der Waals surface area contributed by atoms with Gasteiger partial charge in [-0.25, -0.2) is 0 Å². The Balaban J connectivity index is 1.33. The first-order chi connectivity index (χ1) is 11.3. The van der Waals surface area contributed by atoms with Gasteiger partial charge in [0.2, 0.25) is 11.8 Å². The van der Waals surface area contributed by atoms with Crippen molar-refractivity contribution in [1.82, 2.24) is 15.0 Å². The zero-order valence-electron chi connectivity index (χ0n) is 13.9. The average molecular weight is 317 g/mol. The van der Waals surface area contributed by atoms with E-state index >= 15 is 0 Å². The maximum Gasteiger partial charge on any atom is 0.231 e. The Bertz CT molecular complexity index is 544. The van der Waals surface area contributed by atoms with Crippen LogP contribution in [0.4, 0.5) is 0 Å². The van der Waals surface area contributed by atoms with E-state index in [0.717, 1.165) is 37.6 Å². The third kappa shape index (κ3) is 3.29. The number of carbonyl (C=O) groups is 1. The minimum absolute atomic E-state index is 0.241. The number of carbonyl (C=O) groups excluding carboxylic acids is 1. The van der Waals surface area contributed by atoms with Gasteiger partial charge in [0, 0.05) is 25.4 Å². The lowest BCUT2D eigenvalue weighted by molar-refractivity contribution is -0.131. The third-order valence-corrected chi connectivity index (χ3v) is 6.01. The molecule has 3 aliphatic rings. The van der Waals surface area contributed by atoms with Crippen LogP contribution in [0.2, 0.25) is 0 Å². The fourth-order valence-electron chi connectivity index (χ4n) is 4.54. The van der Waals surface area contributed by atoms with E-state index in [0.29, 0.717) is 17.7 Å². The minimum Gasteiger partial charge on any atom is -0.342 e. The van der Waals surface area contributed by atoms with Gasteiger partial charge in [0.05, 0.1) is 5.92 Å². The van der Waals surface area contributed by atoms with Gasteiger partial charge in [0.25, 0.3) is 0 Å². The molecule has 5 heteroatoms. The fourth-order valence-corrected chi connectivity index (χ4v) is 4.54. The summed E-state index contributed by atoms with van der Waals surface area (Å²) in [5, 5.41) is 4.21. The molecule has 2 heterocycles. The lowest BCUT2D eigenvalue weighted by Gasteiger charge is -2.18. The number of amides is 1. The highest BCUT2D eigenvalue weighted by atomic mass is 16.5. The summed E-state index contributed by atoms with van der Waals surface area (Å²) in [6, 6.07) is 0. The van der Waals surface area contributed by atoms with Crippen LogP contribution in [-0.2, 0) is 4.79 Å². The van der Waals surface area contributed by atoms with Gasteiger partial charge in [-0.2, -0.15) is 4.98 Å². The summed E-state index contributed by atoms with van der Waals surface area (Å²) in [6.07, 6.45) is 11.7. The Morgan fingerprint density at radius 1 is 1.04 bits per heavy atom. The highest BCUT2D eigenvalue weighted by Crippen LogP contribution is 2.34. The molecule has 3 fully saturated rings. The van der Waals surface area contributed by atoms with E-state index in [2.05, 4.69) is 10.1 Å². The topological polar surface area (TPSA) is 59.2 Å². The molecule has 0 bridgehead atoms. The van der Waals surface area contributed by atoms with Crippen molar-refractivity contribution >= 4 is 5.91 Å². The van der Waals surface area contributed by atoms with Crippen LogP contribution in [0.25, 0.3) is 0 Å². The molecule has 1 aromatic heterocycles. The van der Waals surface area contributed by atoms with E-state index in [1.54, 1.807) is 0 Å². The maximum absolute atomic E-state index is 12.5. The molecule has 0 radical (unpaired) electrons. The Kier molecular flexibility index (Phi) is 4.36. The molecule has 2 saturated carbocycles. The summed E-state index contributed by atoms with van der Waals surface area (Å²) in [5.74, 6) is 3.34. The molecule has 0 spiro atoms. The lowest BCUT2D eigenvalue weighted by atomic mass is 10.0. The van der Waals surface area contributed by atoms with Crippen LogP contribution in [0.15, 0.2) is 4.52 Å². The zero-order chi connectivity index (χ0) is 15.6. The molecule has 1 aromatic rings. The molecule has 2 aliphatic carbocycles. The van der Waals surface area contributed by atoms with Crippen LogP contribution in [0.1, 0.15) is 87.8 Å². The number of rotatable bonds is 4. The van der Waals surface area contributed by atoms with Gasteiger partial charge in [-0.1, -0.05) is 30.8 Å². The van der Waals surface area contributed by atoms with Crippen molar-refractivity contribution in [3.05, 3.63) is 11.7 Å². The summed E-state index contributed by atoms with van der Waals surface area (Å²) >= 11 is 0. The summed E-state index contributed by atoms with van der Waals surface area (Å²) in [5.41, 5.74) is 0. The molecular weight excluding hydrogens is 290 g/mol. The molecule has 1 saturated heterocycles. The van der Waals surface area contributed by atoms with E-state index in [1.165, 1.54) is 51.4 Å².